The van der Waals surface area contributed by atoms with Gasteiger partial charge in [-0.2, -0.15) is 0 Å². The molecule has 0 saturated heterocycles. The van der Waals surface area contributed by atoms with Crippen LogP contribution in [0.2, 0.25) is 0 Å². The van der Waals surface area contributed by atoms with Gasteiger partial charge in [-0.15, -0.1) is 10.2 Å². The Morgan fingerprint density at radius 3 is 2.56 bits per heavy atom. The Bertz CT molecular complexity index is 430. The molecule has 2 fully saturated rings. The van der Waals surface area contributed by atoms with Crippen molar-refractivity contribution < 1.29 is 4.79 Å². The fourth-order valence-corrected chi connectivity index (χ4v) is 3.61. The molecule has 0 spiro atoms. The maximum absolute atomic E-state index is 11.9. The van der Waals surface area contributed by atoms with Gasteiger partial charge in [0.1, 0.15) is 0 Å². The minimum atomic E-state index is 0.109. The monoisotopic (exact) mass is 284 g/mol. The number of amides is 1. The first-order valence-corrected chi connectivity index (χ1v) is 8.04. The van der Waals surface area contributed by atoms with Crippen molar-refractivity contribution in [2.75, 3.05) is 11.5 Å². The summed E-state index contributed by atoms with van der Waals surface area (Å²) in [6.45, 7) is 0. The van der Waals surface area contributed by atoms with Gasteiger partial charge in [-0.25, -0.2) is 0 Å². The number of hydrogen-bond donors (Lipinski definition) is 2. The van der Waals surface area contributed by atoms with Crippen molar-refractivity contribution in [1.82, 2.24) is 15.5 Å². The predicted octanol–water partition coefficient (Wildman–Crippen LogP) is 1.52. The van der Waals surface area contributed by atoms with Crippen LogP contribution in [0, 0.1) is 11.8 Å². The van der Waals surface area contributed by atoms with Crippen LogP contribution >= 0.6 is 23.1 Å². The number of aromatic nitrogens is 2. The third-order valence-electron chi connectivity index (χ3n) is 3.34. The summed E-state index contributed by atoms with van der Waals surface area (Å²) in [4.78, 5) is 11.9. The molecule has 1 heterocycles. The van der Waals surface area contributed by atoms with E-state index in [-0.39, 0.29) is 5.91 Å². The maximum Gasteiger partial charge on any atom is 0.230 e. The van der Waals surface area contributed by atoms with Gasteiger partial charge in [0.05, 0.1) is 5.75 Å². The second-order valence-electron chi connectivity index (χ2n) is 4.96. The van der Waals surface area contributed by atoms with Crippen LogP contribution in [0.3, 0.4) is 0 Å². The van der Waals surface area contributed by atoms with E-state index in [1.165, 1.54) is 48.8 Å². The lowest BCUT2D eigenvalue weighted by Crippen LogP contribution is -2.39. The summed E-state index contributed by atoms with van der Waals surface area (Å²) >= 11 is 2.73. The number of nitrogens with one attached hydrogen (secondary N) is 1. The second kappa shape index (κ2) is 5.05. The van der Waals surface area contributed by atoms with Crippen LogP contribution in [0.4, 0.5) is 5.13 Å². The first-order chi connectivity index (χ1) is 8.72. The van der Waals surface area contributed by atoms with Gasteiger partial charge in [0.25, 0.3) is 0 Å². The number of thioether (sulfide) groups is 1. The molecule has 0 atom stereocenters. The molecule has 18 heavy (non-hydrogen) atoms. The van der Waals surface area contributed by atoms with Crippen molar-refractivity contribution in [3.05, 3.63) is 0 Å². The summed E-state index contributed by atoms with van der Waals surface area (Å²) in [6.07, 6.45) is 5.12. The Kier molecular flexibility index (Phi) is 3.43. The van der Waals surface area contributed by atoms with Crippen molar-refractivity contribution in [2.45, 2.75) is 36.1 Å². The largest absolute Gasteiger partial charge is 0.374 e. The van der Waals surface area contributed by atoms with Crippen molar-refractivity contribution in [3.63, 3.8) is 0 Å². The van der Waals surface area contributed by atoms with E-state index in [0.717, 1.165) is 16.2 Å². The van der Waals surface area contributed by atoms with Crippen LogP contribution in [0.25, 0.3) is 0 Å². The number of carbonyl (C=O) groups excluding carboxylic acids is 1. The van der Waals surface area contributed by atoms with E-state index >= 15 is 0 Å². The van der Waals surface area contributed by atoms with Gasteiger partial charge < -0.3 is 11.1 Å². The lowest BCUT2D eigenvalue weighted by Gasteiger charge is -2.17. The van der Waals surface area contributed by atoms with Crippen LogP contribution in [-0.4, -0.2) is 27.9 Å². The van der Waals surface area contributed by atoms with E-state index in [9.17, 15) is 4.79 Å². The number of hydrogen-bond acceptors (Lipinski definition) is 6. The van der Waals surface area contributed by atoms with Crippen LogP contribution in [0.1, 0.15) is 25.7 Å². The lowest BCUT2D eigenvalue weighted by molar-refractivity contribution is -0.119. The molecule has 2 aliphatic carbocycles. The molecule has 0 bridgehead atoms. The van der Waals surface area contributed by atoms with Gasteiger partial charge in [-0.1, -0.05) is 23.1 Å². The molecule has 98 valence electrons. The van der Waals surface area contributed by atoms with E-state index < -0.39 is 0 Å². The molecule has 0 aliphatic heterocycles. The molecule has 3 N–H and O–H groups in total. The van der Waals surface area contributed by atoms with Crippen molar-refractivity contribution in [1.29, 1.82) is 0 Å². The summed E-state index contributed by atoms with van der Waals surface area (Å²) in [5, 5.41) is 11.2. The number of anilines is 1. The van der Waals surface area contributed by atoms with Gasteiger partial charge in [0.2, 0.25) is 11.0 Å². The van der Waals surface area contributed by atoms with Crippen LogP contribution in [0.15, 0.2) is 4.34 Å². The SMILES string of the molecule is Nc1nnc(SCC(=O)NC(C2CC2)C2CC2)s1. The summed E-state index contributed by atoms with van der Waals surface area (Å²) in [5.74, 6) is 2.00. The van der Waals surface area contributed by atoms with E-state index in [1.807, 2.05) is 0 Å². The van der Waals surface area contributed by atoms with Crippen molar-refractivity contribution in [3.8, 4) is 0 Å². The fraction of sp³-hybridized carbons (Fsp3) is 0.727. The average molecular weight is 284 g/mol. The third-order valence-corrected chi connectivity index (χ3v) is 5.22. The summed E-state index contributed by atoms with van der Waals surface area (Å²) in [7, 11) is 0. The highest BCUT2D eigenvalue weighted by Gasteiger charge is 2.42. The Labute approximate surface area is 114 Å². The van der Waals surface area contributed by atoms with E-state index in [1.54, 1.807) is 0 Å². The highest BCUT2D eigenvalue weighted by Crippen LogP contribution is 2.44. The minimum Gasteiger partial charge on any atom is -0.374 e. The van der Waals surface area contributed by atoms with Crippen LogP contribution in [0.5, 0.6) is 0 Å². The van der Waals surface area contributed by atoms with E-state index in [0.29, 0.717) is 16.9 Å². The average Bonchev–Trinajstić information content (AvgIpc) is 3.23. The molecule has 1 aromatic rings. The summed E-state index contributed by atoms with van der Waals surface area (Å²) in [5.41, 5.74) is 5.49. The topological polar surface area (TPSA) is 80.9 Å². The Balaban J connectivity index is 1.46. The van der Waals surface area contributed by atoms with Crippen molar-refractivity contribution in [2.24, 2.45) is 11.8 Å². The number of rotatable bonds is 6. The Morgan fingerprint density at radius 1 is 1.39 bits per heavy atom. The zero-order chi connectivity index (χ0) is 12.5. The maximum atomic E-state index is 11.9. The molecular formula is C11H16N4OS2. The number of carbonyl (C=O) groups is 1. The lowest BCUT2D eigenvalue weighted by atomic mass is 10.1. The van der Waals surface area contributed by atoms with Gasteiger partial charge in [0, 0.05) is 6.04 Å². The van der Waals surface area contributed by atoms with Crippen molar-refractivity contribution >= 4 is 34.1 Å². The van der Waals surface area contributed by atoms with Gasteiger partial charge in [0.15, 0.2) is 4.34 Å². The van der Waals surface area contributed by atoms with Gasteiger partial charge in [-0.05, 0) is 37.5 Å². The van der Waals surface area contributed by atoms with E-state index in [4.69, 9.17) is 5.73 Å². The molecule has 5 nitrogen and oxygen atoms in total. The smallest absolute Gasteiger partial charge is 0.230 e. The van der Waals surface area contributed by atoms with Gasteiger partial charge in [-0.3, -0.25) is 4.79 Å². The Morgan fingerprint density at radius 2 is 2.06 bits per heavy atom. The first-order valence-electron chi connectivity index (χ1n) is 6.23. The number of nitrogen functional groups attached to an aromatic ring is 1. The second-order valence-corrected chi connectivity index (χ2v) is 7.19. The molecular weight excluding hydrogens is 268 g/mol. The molecule has 2 saturated carbocycles. The van der Waals surface area contributed by atoms with E-state index in [2.05, 4.69) is 15.5 Å². The molecule has 0 radical (unpaired) electrons. The third kappa shape index (κ3) is 3.14. The molecule has 1 amide bonds. The minimum absolute atomic E-state index is 0.109. The molecule has 0 aromatic carbocycles. The molecule has 0 unspecified atom stereocenters. The quantitative estimate of drug-likeness (QED) is 0.774. The highest BCUT2D eigenvalue weighted by atomic mass is 32.2. The van der Waals surface area contributed by atoms with Crippen LogP contribution < -0.4 is 11.1 Å². The first kappa shape index (κ1) is 12.2. The summed E-state index contributed by atoms with van der Waals surface area (Å²) < 4.78 is 0.761. The van der Waals surface area contributed by atoms with Crippen LogP contribution in [-0.2, 0) is 4.79 Å². The van der Waals surface area contributed by atoms with Gasteiger partial charge >= 0.3 is 0 Å². The number of nitrogens with two attached hydrogens (primary N) is 1. The normalized spacial score (nSPS) is 19.2. The standard InChI is InChI=1S/C11H16N4OS2/c12-10-14-15-11(18-10)17-5-8(16)13-9(6-1-2-6)7-3-4-7/h6-7,9H,1-5H2,(H2,12,14)(H,13,16). The molecule has 3 rings (SSSR count). The molecule has 2 aliphatic rings. The highest BCUT2D eigenvalue weighted by molar-refractivity contribution is 8.01. The fourth-order valence-electron chi connectivity index (χ4n) is 2.16. The molecule has 7 heteroatoms. The zero-order valence-electron chi connectivity index (χ0n) is 9.96. The Hall–Kier alpha value is -0.820. The number of nitrogens with zero attached hydrogens (tertiary/aromatic N) is 2. The molecule has 1 aromatic heterocycles. The summed E-state index contributed by atoms with van der Waals surface area (Å²) in [6, 6.07) is 0.428. The zero-order valence-corrected chi connectivity index (χ0v) is 11.6. The predicted molar refractivity (Wildman–Crippen MR) is 72.4 cm³/mol.